The van der Waals surface area contributed by atoms with Crippen LogP contribution in [-0.2, 0) is 4.74 Å². The van der Waals surface area contributed by atoms with E-state index < -0.39 is 0 Å². The molecule has 0 heterocycles. The van der Waals surface area contributed by atoms with Crippen LogP contribution in [0.15, 0.2) is 0 Å². The zero-order chi connectivity index (χ0) is 6.57. The van der Waals surface area contributed by atoms with Crippen LogP contribution in [0.1, 0.15) is 0 Å². The number of amidine groups is 1. The molecule has 0 bridgehead atoms. The van der Waals surface area contributed by atoms with Crippen molar-refractivity contribution >= 4 is 6.02 Å². The third-order valence-electron chi connectivity index (χ3n) is 0.813. The van der Waals surface area contributed by atoms with Crippen molar-refractivity contribution in [2.75, 3.05) is 28.3 Å². The van der Waals surface area contributed by atoms with Crippen molar-refractivity contribution in [1.82, 2.24) is 5.32 Å². The number of halogens is 1. The Hall–Kier alpha value is -0.440. The summed E-state index contributed by atoms with van der Waals surface area (Å²) < 4.78 is 6.75. The standard InChI is InChI=1S/C5H12N2O.ClH/c1-6-5(8-4)7(2)3;/h1-4H3;1H. The van der Waals surface area contributed by atoms with E-state index in [1.807, 2.05) is 25.7 Å². The quantitative estimate of drug-likeness (QED) is 0.221. The average molecular weight is 153 g/mol. The zero-order valence-electron chi connectivity index (χ0n) is 6.23. The maximum absolute atomic E-state index is 4.89. The molecule has 0 saturated carbocycles. The molecular formula is C5H13ClN2O. The molecule has 0 aliphatic rings. The van der Waals surface area contributed by atoms with Crippen molar-refractivity contribution in [3.8, 4) is 0 Å². The Morgan fingerprint density at radius 3 is 1.89 bits per heavy atom. The number of methoxy groups -OCH3 is 1. The van der Waals surface area contributed by atoms with Crippen LogP contribution in [0.5, 0.6) is 0 Å². The fraction of sp³-hybridized carbons (Fsp3) is 0.800. The Balaban J connectivity index is 0. The van der Waals surface area contributed by atoms with Gasteiger partial charge in [-0.1, -0.05) is 0 Å². The lowest BCUT2D eigenvalue weighted by Gasteiger charge is -1.97. The molecular weight excluding hydrogens is 140 g/mol. The molecule has 0 aromatic carbocycles. The van der Waals surface area contributed by atoms with Crippen molar-refractivity contribution < 1.29 is 21.7 Å². The smallest absolute Gasteiger partial charge is 0.443 e. The minimum Gasteiger partial charge on any atom is -1.00 e. The molecule has 0 aliphatic heterocycles. The highest BCUT2D eigenvalue weighted by Crippen LogP contribution is 1.66. The number of rotatable bonds is 0. The Labute approximate surface area is 62.1 Å². The lowest BCUT2D eigenvalue weighted by Crippen LogP contribution is -3.00. The van der Waals surface area contributed by atoms with E-state index in [0.29, 0.717) is 0 Å². The molecule has 0 saturated heterocycles. The Bertz CT molecular complexity index is 93.1. The van der Waals surface area contributed by atoms with Gasteiger partial charge in [0, 0.05) is 0 Å². The molecule has 0 atom stereocenters. The molecule has 56 valence electrons. The van der Waals surface area contributed by atoms with Crippen molar-refractivity contribution in [3.63, 3.8) is 0 Å². The van der Waals surface area contributed by atoms with Crippen LogP contribution < -0.4 is 17.7 Å². The second kappa shape index (κ2) is 5.69. The van der Waals surface area contributed by atoms with Gasteiger partial charge in [-0.05, 0) is 0 Å². The lowest BCUT2D eigenvalue weighted by molar-refractivity contribution is -0.476. The third kappa shape index (κ3) is 4.09. The SMILES string of the molecule is CNC(OC)=[N+](C)C.[Cl-]. The summed E-state index contributed by atoms with van der Waals surface area (Å²) in [6.07, 6.45) is 0. The first kappa shape index (κ1) is 11.4. The summed E-state index contributed by atoms with van der Waals surface area (Å²) in [5.41, 5.74) is 0. The normalized spacial score (nSPS) is 7.11. The van der Waals surface area contributed by atoms with Gasteiger partial charge in [0.25, 0.3) is 0 Å². The lowest BCUT2D eigenvalue weighted by atomic mass is 10.9. The summed E-state index contributed by atoms with van der Waals surface area (Å²) in [5.74, 6) is 0. The summed E-state index contributed by atoms with van der Waals surface area (Å²) in [4.78, 5) is 0. The maximum Gasteiger partial charge on any atom is 0.443 e. The zero-order valence-corrected chi connectivity index (χ0v) is 6.99. The van der Waals surface area contributed by atoms with Crippen LogP contribution in [0.4, 0.5) is 0 Å². The molecule has 0 fully saturated rings. The van der Waals surface area contributed by atoms with Crippen molar-refractivity contribution in [2.45, 2.75) is 0 Å². The fourth-order valence-electron chi connectivity index (χ4n) is 0.508. The second-order valence-corrected chi connectivity index (χ2v) is 1.65. The number of nitrogens with one attached hydrogen (secondary N) is 1. The molecule has 0 amide bonds. The van der Waals surface area contributed by atoms with Gasteiger partial charge in [-0.3, -0.25) is 0 Å². The van der Waals surface area contributed by atoms with Crippen LogP contribution in [0.3, 0.4) is 0 Å². The summed E-state index contributed by atoms with van der Waals surface area (Å²) in [6, 6.07) is 0.769. The molecule has 4 heteroatoms. The van der Waals surface area contributed by atoms with E-state index in [1.165, 1.54) is 0 Å². The maximum atomic E-state index is 4.89. The van der Waals surface area contributed by atoms with E-state index >= 15 is 0 Å². The molecule has 0 unspecified atom stereocenters. The first-order chi connectivity index (χ1) is 3.72. The van der Waals surface area contributed by atoms with E-state index in [-0.39, 0.29) is 12.4 Å². The van der Waals surface area contributed by atoms with Crippen LogP contribution in [-0.4, -0.2) is 38.9 Å². The summed E-state index contributed by atoms with van der Waals surface area (Å²) in [5, 5.41) is 2.87. The molecule has 0 aliphatic carbocycles. The Morgan fingerprint density at radius 1 is 1.44 bits per heavy atom. The van der Waals surface area contributed by atoms with E-state index in [4.69, 9.17) is 4.74 Å². The summed E-state index contributed by atoms with van der Waals surface area (Å²) in [7, 11) is 7.27. The molecule has 0 spiro atoms. The molecule has 9 heavy (non-hydrogen) atoms. The van der Waals surface area contributed by atoms with Crippen LogP contribution >= 0.6 is 0 Å². The largest absolute Gasteiger partial charge is 1.00 e. The van der Waals surface area contributed by atoms with Gasteiger partial charge in [0.1, 0.15) is 0 Å². The second-order valence-electron chi connectivity index (χ2n) is 1.65. The van der Waals surface area contributed by atoms with Crippen LogP contribution in [0.25, 0.3) is 0 Å². The van der Waals surface area contributed by atoms with E-state index in [9.17, 15) is 0 Å². The van der Waals surface area contributed by atoms with Gasteiger partial charge in [0.15, 0.2) is 0 Å². The molecule has 0 radical (unpaired) electrons. The van der Waals surface area contributed by atoms with E-state index in [2.05, 4.69) is 5.32 Å². The highest BCUT2D eigenvalue weighted by Gasteiger charge is 1.99. The molecule has 0 aromatic heterocycles. The predicted octanol–water partition coefficient (Wildman–Crippen LogP) is -3.52. The molecule has 0 aromatic rings. The van der Waals surface area contributed by atoms with E-state index in [0.717, 1.165) is 6.02 Å². The van der Waals surface area contributed by atoms with E-state index in [1.54, 1.807) is 7.11 Å². The topological polar surface area (TPSA) is 24.3 Å². The number of hydrogen-bond donors (Lipinski definition) is 1. The van der Waals surface area contributed by atoms with Crippen molar-refractivity contribution in [2.24, 2.45) is 0 Å². The summed E-state index contributed by atoms with van der Waals surface area (Å²) in [6.45, 7) is 0. The van der Waals surface area contributed by atoms with Gasteiger partial charge >= 0.3 is 6.02 Å². The van der Waals surface area contributed by atoms with Crippen molar-refractivity contribution in [3.05, 3.63) is 0 Å². The first-order valence-electron chi connectivity index (χ1n) is 2.48. The highest BCUT2D eigenvalue weighted by atomic mass is 35.5. The van der Waals surface area contributed by atoms with Crippen molar-refractivity contribution in [1.29, 1.82) is 0 Å². The van der Waals surface area contributed by atoms with Gasteiger partial charge in [-0.25, -0.2) is 9.89 Å². The minimum absolute atomic E-state index is 0. The summed E-state index contributed by atoms with van der Waals surface area (Å²) >= 11 is 0. The Kier molecular flexibility index (Phi) is 7.19. The number of ether oxygens (including phenoxy) is 1. The third-order valence-corrected chi connectivity index (χ3v) is 0.813. The fourth-order valence-corrected chi connectivity index (χ4v) is 0.508. The predicted molar refractivity (Wildman–Crippen MR) is 33.2 cm³/mol. The molecule has 0 rings (SSSR count). The number of nitrogens with zero attached hydrogens (tertiary/aromatic N) is 1. The van der Waals surface area contributed by atoms with Gasteiger partial charge in [-0.2, -0.15) is 0 Å². The number of hydrogen-bond acceptors (Lipinski definition) is 1. The molecule has 3 nitrogen and oxygen atoms in total. The minimum atomic E-state index is 0. The monoisotopic (exact) mass is 152 g/mol. The van der Waals surface area contributed by atoms with Crippen LogP contribution in [0.2, 0.25) is 0 Å². The highest BCUT2D eigenvalue weighted by molar-refractivity contribution is 5.67. The van der Waals surface area contributed by atoms with Gasteiger partial charge < -0.3 is 17.1 Å². The average Bonchev–Trinajstić information content (AvgIpc) is 1.69. The molecule has 1 N–H and O–H groups in total. The van der Waals surface area contributed by atoms with Gasteiger partial charge in [-0.15, -0.1) is 0 Å². The van der Waals surface area contributed by atoms with Crippen LogP contribution in [0, 0.1) is 0 Å². The first-order valence-corrected chi connectivity index (χ1v) is 2.48. The van der Waals surface area contributed by atoms with Gasteiger partial charge in [0.2, 0.25) is 0 Å². The van der Waals surface area contributed by atoms with Gasteiger partial charge in [0.05, 0.1) is 28.3 Å². The Morgan fingerprint density at radius 2 is 1.89 bits per heavy atom.